The van der Waals surface area contributed by atoms with Crippen LogP contribution in [0.15, 0.2) is 36.7 Å². The number of aromatic nitrogens is 2. The van der Waals surface area contributed by atoms with Crippen molar-refractivity contribution in [2.24, 2.45) is 0 Å². The summed E-state index contributed by atoms with van der Waals surface area (Å²) < 4.78 is 12.4. The fourth-order valence-electron chi connectivity index (χ4n) is 2.71. The number of carbonyl (C=O) groups excluding carboxylic acids is 2. The molecule has 0 saturated heterocycles. The number of aryl methyl sites for hydroxylation is 1. The van der Waals surface area contributed by atoms with Gasteiger partial charge in [-0.2, -0.15) is 5.10 Å². The van der Waals surface area contributed by atoms with Crippen LogP contribution in [0.2, 0.25) is 0 Å². The highest BCUT2D eigenvalue weighted by Gasteiger charge is 2.29. The van der Waals surface area contributed by atoms with Crippen LogP contribution in [0.1, 0.15) is 51.7 Å². The van der Waals surface area contributed by atoms with Gasteiger partial charge in [0.1, 0.15) is 5.60 Å². The number of nitrogens with one attached hydrogen (secondary N) is 1. The van der Waals surface area contributed by atoms with Crippen molar-refractivity contribution in [2.45, 2.75) is 65.7 Å². The Morgan fingerprint density at radius 1 is 1.21 bits per heavy atom. The quantitative estimate of drug-likeness (QED) is 0.748. The lowest BCUT2D eigenvalue weighted by Gasteiger charge is -2.24. The van der Waals surface area contributed by atoms with Crippen molar-refractivity contribution in [3.8, 4) is 0 Å². The topological polar surface area (TPSA) is 82.5 Å². The van der Waals surface area contributed by atoms with Gasteiger partial charge in [-0.1, -0.05) is 32.0 Å². The van der Waals surface area contributed by atoms with E-state index in [4.69, 9.17) is 9.47 Å². The molecule has 0 spiro atoms. The molecular formula is C21H29N3O4. The maximum Gasteiger partial charge on any atom is 0.412 e. The monoisotopic (exact) mass is 387 g/mol. The molecule has 0 aliphatic heterocycles. The highest BCUT2D eigenvalue weighted by atomic mass is 16.6. The number of ether oxygens (including phenoxy) is 2. The van der Waals surface area contributed by atoms with E-state index in [0.29, 0.717) is 5.69 Å². The van der Waals surface area contributed by atoms with E-state index in [9.17, 15) is 9.59 Å². The van der Waals surface area contributed by atoms with Crippen LogP contribution in [0.3, 0.4) is 0 Å². The van der Waals surface area contributed by atoms with Gasteiger partial charge in [-0.05, 0) is 50.8 Å². The largest absolute Gasteiger partial charge is 0.457 e. The first kappa shape index (κ1) is 21.5. The van der Waals surface area contributed by atoms with E-state index in [1.54, 1.807) is 39.2 Å². The zero-order valence-electron chi connectivity index (χ0n) is 17.4. The maximum absolute atomic E-state index is 12.6. The molecule has 152 valence electrons. The smallest absolute Gasteiger partial charge is 0.412 e. The number of esters is 1. The van der Waals surface area contributed by atoms with Crippen LogP contribution in [0.5, 0.6) is 0 Å². The number of hydrogen-bond donors (Lipinski definition) is 1. The fraction of sp³-hybridized carbons (Fsp3) is 0.476. The van der Waals surface area contributed by atoms with Crippen LogP contribution >= 0.6 is 0 Å². The lowest BCUT2D eigenvalue weighted by Crippen LogP contribution is -2.38. The lowest BCUT2D eigenvalue weighted by atomic mass is 9.98. The lowest BCUT2D eigenvalue weighted by molar-refractivity contribution is -0.165. The number of amides is 1. The van der Waals surface area contributed by atoms with E-state index in [2.05, 4.69) is 10.4 Å². The van der Waals surface area contributed by atoms with Crippen LogP contribution in [-0.4, -0.2) is 33.5 Å². The number of benzene rings is 1. The summed E-state index contributed by atoms with van der Waals surface area (Å²) in [6.45, 7) is 11.4. The minimum absolute atomic E-state index is 0.0696. The number of anilines is 1. The molecule has 1 heterocycles. The molecule has 1 N–H and O–H groups in total. The van der Waals surface area contributed by atoms with E-state index < -0.39 is 23.8 Å². The first-order valence-electron chi connectivity index (χ1n) is 9.34. The molecule has 7 heteroatoms. The van der Waals surface area contributed by atoms with Crippen molar-refractivity contribution in [1.29, 1.82) is 0 Å². The van der Waals surface area contributed by atoms with E-state index in [1.807, 2.05) is 39.0 Å². The molecule has 0 fully saturated rings. The molecule has 0 saturated carbocycles. The summed E-state index contributed by atoms with van der Waals surface area (Å²) in [5, 5.41) is 6.86. The summed E-state index contributed by atoms with van der Waals surface area (Å²) in [6, 6.07) is 7.55. The minimum atomic E-state index is -1.12. The van der Waals surface area contributed by atoms with Crippen LogP contribution < -0.4 is 5.32 Å². The average molecular weight is 387 g/mol. The summed E-state index contributed by atoms with van der Waals surface area (Å²) in [5.74, 6) is -0.395. The number of nitrogens with zero attached hydrogens (tertiary/aromatic N) is 2. The zero-order chi connectivity index (χ0) is 20.9. The summed E-state index contributed by atoms with van der Waals surface area (Å²) in [4.78, 5) is 25.1. The van der Waals surface area contributed by atoms with E-state index in [0.717, 1.165) is 11.1 Å². The average Bonchev–Trinajstić information content (AvgIpc) is 3.07. The van der Waals surface area contributed by atoms with Crippen molar-refractivity contribution in [3.05, 3.63) is 47.8 Å². The second kappa shape index (κ2) is 8.91. The molecule has 1 aromatic carbocycles. The Balaban J connectivity index is 2.17. The van der Waals surface area contributed by atoms with Gasteiger partial charge in [0.2, 0.25) is 6.10 Å². The predicted octanol–water partition coefficient (Wildman–Crippen LogP) is 4.27. The fourth-order valence-corrected chi connectivity index (χ4v) is 2.71. The Morgan fingerprint density at radius 2 is 1.93 bits per heavy atom. The zero-order valence-corrected chi connectivity index (χ0v) is 17.4. The maximum atomic E-state index is 12.6. The Bertz CT molecular complexity index is 808. The van der Waals surface area contributed by atoms with Crippen LogP contribution in [-0.2, 0) is 20.8 Å². The molecule has 7 nitrogen and oxygen atoms in total. The molecule has 1 unspecified atom stereocenters. The number of rotatable bonds is 6. The summed E-state index contributed by atoms with van der Waals surface area (Å²) in [7, 11) is 0. The molecule has 1 amide bonds. The third-order valence-electron chi connectivity index (χ3n) is 3.99. The third-order valence-corrected chi connectivity index (χ3v) is 3.99. The summed E-state index contributed by atoms with van der Waals surface area (Å²) >= 11 is 0. The number of hydrogen-bond acceptors (Lipinski definition) is 5. The van der Waals surface area contributed by atoms with Crippen molar-refractivity contribution in [3.63, 3.8) is 0 Å². The first-order valence-corrected chi connectivity index (χ1v) is 9.34. The van der Waals surface area contributed by atoms with Crippen molar-refractivity contribution >= 4 is 17.7 Å². The first-order chi connectivity index (χ1) is 13.1. The SMILES string of the molecule is Cc1cccc(C(C)C)c1NC(=O)OC(Cn1cccn1)C(=O)OC(C)(C)C. The summed E-state index contributed by atoms with van der Waals surface area (Å²) in [5.41, 5.74) is 1.92. The van der Waals surface area contributed by atoms with Crippen LogP contribution in [0.25, 0.3) is 0 Å². The molecular weight excluding hydrogens is 358 g/mol. The number of carbonyl (C=O) groups is 2. The van der Waals surface area contributed by atoms with E-state index in [-0.39, 0.29) is 12.5 Å². The van der Waals surface area contributed by atoms with Gasteiger partial charge in [-0.15, -0.1) is 0 Å². The Hall–Kier alpha value is -2.83. The second-order valence-corrected chi connectivity index (χ2v) is 7.97. The summed E-state index contributed by atoms with van der Waals surface area (Å²) in [6.07, 6.45) is 1.45. The van der Waals surface area contributed by atoms with E-state index in [1.165, 1.54) is 4.68 Å². The van der Waals surface area contributed by atoms with Gasteiger partial charge in [0.15, 0.2) is 0 Å². The second-order valence-electron chi connectivity index (χ2n) is 7.97. The van der Waals surface area contributed by atoms with Crippen molar-refractivity contribution in [2.75, 3.05) is 5.32 Å². The van der Waals surface area contributed by atoms with Crippen LogP contribution in [0, 0.1) is 6.92 Å². The Kier molecular flexibility index (Phi) is 6.83. The normalized spacial score (nSPS) is 12.5. The Labute approximate surface area is 166 Å². The molecule has 1 atom stereocenters. The van der Waals surface area contributed by atoms with Gasteiger partial charge < -0.3 is 9.47 Å². The molecule has 28 heavy (non-hydrogen) atoms. The van der Waals surface area contributed by atoms with Gasteiger partial charge in [0.05, 0.1) is 12.2 Å². The third kappa shape index (κ3) is 6.11. The van der Waals surface area contributed by atoms with Crippen molar-refractivity contribution < 1.29 is 19.1 Å². The van der Waals surface area contributed by atoms with Gasteiger partial charge in [-0.25, -0.2) is 9.59 Å². The molecule has 0 radical (unpaired) electrons. The molecule has 2 aromatic rings. The Morgan fingerprint density at radius 3 is 2.50 bits per heavy atom. The highest BCUT2D eigenvalue weighted by Crippen LogP contribution is 2.27. The molecule has 1 aromatic heterocycles. The molecule has 0 aliphatic carbocycles. The molecule has 0 aliphatic rings. The van der Waals surface area contributed by atoms with Gasteiger partial charge in [0.25, 0.3) is 0 Å². The highest BCUT2D eigenvalue weighted by molar-refractivity contribution is 5.89. The van der Waals surface area contributed by atoms with Gasteiger partial charge in [0, 0.05) is 12.4 Å². The molecule has 2 rings (SSSR count). The van der Waals surface area contributed by atoms with Crippen molar-refractivity contribution in [1.82, 2.24) is 9.78 Å². The van der Waals surface area contributed by atoms with Gasteiger partial charge in [-0.3, -0.25) is 10.00 Å². The van der Waals surface area contributed by atoms with Crippen LogP contribution in [0.4, 0.5) is 10.5 Å². The molecule has 0 bridgehead atoms. The predicted molar refractivity (Wildman–Crippen MR) is 107 cm³/mol. The standard InChI is InChI=1S/C21H29N3O4/c1-14(2)16-10-7-9-15(3)18(16)23-20(26)27-17(13-24-12-8-11-22-24)19(25)28-21(4,5)6/h7-12,14,17H,13H2,1-6H3,(H,23,26). The van der Waals surface area contributed by atoms with Gasteiger partial charge >= 0.3 is 12.1 Å². The van der Waals surface area contributed by atoms with E-state index >= 15 is 0 Å². The number of para-hydroxylation sites is 1. The minimum Gasteiger partial charge on any atom is -0.457 e.